The molecule has 3 rings (SSSR count). The van der Waals surface area contributed by atoms with Crippen molar-refractivity contribution in [2.45, 2.75) is 51.8 Å². The molecule has 1 saturated carbocycles. The van der Waals surface area contributed by atoms with Crippen LogP contribution in [0.3, 0.4) is 0 Å². The van der Waals surface area contributed by atoms with E-state index in [4.69, 9.17) is 9.15 Å². The van der Waals surface area contributed by atoms with Gasteiger partial charge in [0.25, 0.3) is 0 Å². The van der Waals surface area contributed by atoms with Gasteiger partial charge in [0.05, 0.1) is 5.56 Å². The molecule has 0 N–H and O–H groups in total. The molecule has 128 valence electrons. The van der Waals surface area contributed by atoms with Crippen molar-refractivity contribution in [1.82, 2.24) is 15.1 Å². The third kappa shape index (κ3) is 4.14. The van der Waals surface area contributed by atoms with Crippen LogP contribution in [0.4, 0.5) is 4.79 Å². The van der Waals surface area contributed by atoms with Gasteiger partial charge in [-0.15, -0.1) is 10.2 Å². The zero-order valence-corrected chi connectivity index (χ0v) is 15.5. The van der Waals surface area contributed by atoms with Crippen molar-refractivity contribution in [1.29, 1.82) is 0 Å². The summed E-state index contributed by atoms with van der Waals surface area (Å²) in [6.07, 6.45) is 1.61. The molecule has 1 fully saturated rings. The first kappa shape index (κ1) is 17.0. The van der Waals surface area contributed by atoms with Gasteiger partial charge in [0, 0.05) is 10.5 Å². The van der Waals surface area contributed by atoms with Gasteiger partial charge in [-0.25, -0.2) is 4.79 Å². The molecule has 1 amide bonds. The molecule has 0 radical (unpaired) electrons. The van der Waals surface area contributed by atoms with Gasteiger partial charge < -0.3 is 9.15 Å². The van der Waals surface area contributed by atoms with E-state index in [1.54, 1.807) is 4.90 Å². The maximum absolute atomic E-state index is 12.4. The Bertz CT molecular complexity index is 735. The molecule has 0 aliphatic heterocycles. The molecule has 1 aromatic carbocycles. The first-order valence-electron chi connectivity index (χ1n) is 7.90. The van der Waals surface area contributed by atoms with Gasteiger partial charge >= 0.3 is 6.09 Å². The van der Waals surface area contributed by atoms with Gasteiger partial charge in [-0.3, -0.25) is 4.90 Å². The van der Waals surface area contributed by atoms with E-state index in [9.17, 15) is 4.79 Å². The first-order chi connectivity index (χ1) is 11.3. The number of ether oxygens (including phenoxy) is 1. The molecule has 0 saturated heterocycles. The second-order valence-electron chi connectivity index (χ2n) is 6.82. The minimum absolute atomic E-state index is 0.193. The van der Waals surface area contributed by atoms with Crippen molar-refractivity contribution >= 4 is 22.0 Å². The second kappa shape index (κ2) is 6.55. The van der Waals surface area contributed by atoms with Crippen LogP contribution < -0.4 is 0 Å². The van der Waals surface area contributed by atoms with Crippen LogP contribution in [0.5, 0.6) is 0 Å². The highest BCUT2D eigenvalue weighted by atomic mass is 79.9. The largest absolute Gasteiger partial charge is 0.444 e. The zero-order chi connectivity index (χ0) is 17.3. The van der Waals surface area contributed by atoms with Crippen molar-refractivity contribution in [3.8, 4) is 11.5 Å². The van der Waals surface area contributed by atoms with E-state index in [2.05, 4.69) is 26.1 Å². The van der Waals surface area contributed by atoms with Crippen LogP contribution in [0.1, 0.15) is 39.5 Å². The fourth-order valence-electron chi connectivity index (χ4n) is 2.26. The third-order valence-corrected chi connectivity index (χ3v) is 4.18. The number of carbonyl (C=O) groups excluding carboxylic acids is 1. The van der Waals surface area contributed by atoms with E-state index >= 15 is 0 Å². The predicted molar refractivity (Wildman–Crippen MR) is 92.2 cm³/mol. The average Bonchev–Trinajstić information content (AvgIpc) is 3.22. The Labute approximate surface area is 149 Å². The number of aromatic nitrogens is 2. The monoisotopic (exact) mass is 393 g/mol. The molecule has 24 heavy (non-hydrogen) atoms. The van der Waals surface area contributed by atoms with Crippen LogP contribution in [-0.4, -0.2) is 32.8 Å². The molecular formula is C17H20BrN3O3. The van der Waals surface area contributed by atoms with Crippen molar-refractivity contribution in [2.75, 3.05) is 0 Å². The summed E-state index contributed by atoms with van der Waals surface area (Å²) in [5.41, 5.74) is 0.297. The molecule has 0 bridgehead atoms. The summed E-state index contributed by atoms with van der Waals surface area (Å²) in [7, 11) is 0. The maximum atomic E-state index is 12.4. The highest BCUT2D eigenvalue weighted by molar-refractivity contribution is 9.10. The Morgan fingerprint density at radius 2 is 2.04 bits per heavy atom. The van der Waals surface area contributed by atoms with Crippen LogP contribution >= 0.6 is 15.9 Å². The standard InChI is InChI=1S/C17H20BrN3O3/c1-17(2,3)24-16(22)21(11-8-9-11)10-14-19-20-15(23-14)12-6-4-5-7-13(12)18/h4-7,11H,8-10H2,1-3H3. The third-order valence-electron chi connectivity index (χ3n) is 3.49. The SMILES string of the molecule is CC(C)(C)OC(=O)N(Cc1nnc(-c2ccccc2Br)o1)C1CC1. The fourth-order valence-corrected chi connectivity index (χ4v) is 2.71. The van der Waals surface area contributed by atoms with Crippen molar-refractivity contribution in [3.63, 3.8) is 0 Å². The number of carbonyl (C=O) groups is 1. The fraction of sp³-hybridized carbons (Fsp3) is 0.471. The lowest BCUT2D eigenvalue weighted by molar-refractivity contribution is 0.0200. The van der Waals surface area contributed by atoms with Gasteiger partial charge in [-0.2, -0.15) is 0 Å². The summed E-state index contributed by atoms with van der Waals surface area (Å²) in [4.78, 5) is 14.1. The van der Waals surface area contributed by atoms with Crippen molar-refractivity contribution < 1.29 is 13.9 Å². The van der Waals surface area contributed by atoms with Gasteiger partial charge in [0.2, 0.25) is 11.8 Å². The van der Waals surface area contributed by atoms with Crippen LogP contribution in [0.2, 0.25) is 0 Å². The summed E-state index contributed by atoms with van der Waals surface area (Å²) in [5.74, 6) is 0.830. The lowest BCUT2D eigenvalue weighted by Gasteiger charge is -2.26. The second-order valence-corrected chi connectivity index (χ2v) is 7.67. The average molecular weight is 394 g/mol. The highest BCUT2D eigenvalue weighted by Crippen LogP contribution is 2.31. The van der Waals surface area contributed by atoms with Crippen LogP contribution in [0, 0.1) is 0 Å². The van der Waals surface area contributed by atoms with Gasteiger partial charge in [0.1, 0.15) is 12.1 Å². The van der Waals surface area contributed by atoms with Gasteiger partial charge in [-0.05, 0) is 61.7 Å². The highest BCUT2D eigenvalue weighted by Gasteiger charge is 2.36. The number of rotatable bonds is 4. The lowest BCUT2D eigenvalue weighted by atomic mass is 10.2. The topological polar surface area (TPSA) is 68.5 Å². The molecule has 1 aromatic heterocycles. The molecule has 7 heteroatoms. The van der Waals surface area contributed by atoms with Crippen LogP contribution in [-0.2, 0) is 11.3 Å². The molecular weight excluding hydrogens is 374 g/mol. The Kier molecular flexibility index (Phi) is 4.62. The molecule has 1 aliphatic rings. The predicted octanol–water partition coefficient (Wildman–Crippen LogP) is 4.40. The molecule has 1 aliphatic carbocycles. The van der Waals surface area contributed by atoms with E-state index in [-0.39, 0.29) is 18.7 Å². The Morgan fingerprint density at radius 1 is 1.33 bits per heavy atom. The minimum atomic E-state index is -0.529. The smallest absolute Gasteiger partial charge is 0.411 e. The van der Waals surface area contributed by atoms with E-state index in [0.717, 1.165) is 22.9 Å². The number of halogens is 1. The van der Waals surface area contributed by atoms with E-state index < -0.39 is 5.60 Å². The zero-order valence-electron chi connectivity index (χ0n) is 14.0. The normalized spacial score (nSPS) is 14.5. The molecule has 2 aromatic rings. The molecule has 0 atom stereocenters. The molecule has 1 heterocycles. The minimum Gasteiger partial charge on any atom is -0.444 e. The number of benzene rings is 1. The van der Waals surface area contributed by atoms with Gasteiger partial charge in [0.15, 0.2) is 0 Å². The van der Waals surface area contributed by atoms with Gasteiger partial charge in [-0.1, -0.05) is 12.1 Å². The summed E-state index contributed by atoms with van der Waals surface area (Å²) in [6, 6.07) is 7.83. The Balaban J connectivity index is 1.75. The number of hydrogen-bond donors (Lipinski definition) is 0. The van der Waals surface area contributed by atoms with Crippen molar-refractivity contribution in [2.24, 2.45) is 0 Å². The molecule has 0 unspecified atom stereocenters. The quantitative estimate of drug-likeness (QED) is 0.769. The van der Waals surface area contributed by atoms with Crippen LogP contribution in [0.25, 0.3) is 11.5 Å². The van der Waals surface area contributed by atoms with Crippen LogP contribution in [0.15, 0.2) is 33.2 Å². The Morgan fingerprint density at radius 3 is 2.67 bits per heavy atom. The maximum Gasteiger partial charge on any atom is 0.411 e. The van der Waals surface area contributed by atoms with E-state index in [1.807, 2.05) is 45.0 Å². The summed E-state index contributed by atoms with van der Waals surface area (Å²) >= 11 is 3.47. The summed E-state index contributed by atoms with van der Waals surface area (Å²) < 4.78 is 12.1. The Hall–Kier alpha value is -1.89. The lowest BCUT2D eigenvalue weighted by Crippen LogP contribution is -2.37. The summed E-state index contributed by atoms with van der Waals surface area (Å²) in [5, 5.41) is 8.16. The summed E-state index contributed by atoms with van der Waals surface area (Å²) in [6.45, 7) is 5.83. The first-order valence-corrected chi connectivity index (χ1v) is 8.70. The molecule has 6 nitrogen and oxygen atoms in total. The van der Waals surface area contributed by atoms with E-state index in [0.29, 0.717) is 11.8 Å². The van der Waals surface area contributed by atoms with E-state index in [1.165, 1.54) is 0 Å². The number of nitrogens with zero attached hydrogens (tertiary/aromatic N) is 3. The number of amides is 1. The number of hydrogen-bond acceptors (Lipinski definition) is 5. The molecule has 0 spiro atoms. The van der Waals surface area contributed by atoms with Crippen molar-refractivity contribution in [3.05, 3.63) is 34.6 Å².